The first-order valence-corrected chi connectivity index (χ1v) is 7.91. The average molecular weight is 352 g/mol. The number of aromatic nitrogens is 1. The van der Waals surface area contributed by atoms with Crippen LogP contribution < -0.4 is 4.74 Å². The van der Waals surface area contributed by atoms with E-state index in [1.165, 1.54) is 16.3 Å². The van der Waals surface area contributed by atoms with Gasteiger partial charge >= 0.3 is 0 Å². The zero-order valence-electron chi connectivity index (χ0n) is 12.1. The first-order valence-electron chi connectivity index (χ1n) is 7.11. The molecule has 0 unspecified atom stereocenters. The monoisotopic (exact) mass is 351 g/mol. The lowest BCUT2D eigenvalue weighted by Gasteiger charge is -2.09. The van der Waals surface area contributed by atoms with Crippen LogP contribution in [0.15, 0.2) is 71.2 Å². The fourth-order valence-electron chi connectivity index (χ4n) is 2.98. The van der Waals surface area contributed by atoms with Crippen LogP contribution in [0.5, 0.6) is 5.75 Å². The van der Waals surface area contributed by atoms with Crippen LogP contribution in [0.3, 0.4) is 0 Å². The van der Waals surface area contributed by atoms with E-state index in [4.69, 9.17) is 4.74 Å². The van der Waals surface area contributed by atoms with Crippen molar-refractivity contribution in [2.24, 2.45) is 0 Å². The summed E-state index contributed by atoms with van der Waals surface area (Å²) in [6, 6.07) is 23.1. The summed E-state index contributed by atoms with van der Waals surface area (Å²) in [5.41, 5.74) is 3.49. The third-order valence-electron chi connectivity index (χ3n) is 3.96. The number of methoxy groups -OCH3 is 1. The average Bonchev–Trinajstić information content (AvgIpc) is 2.88. The lowest BCUT2D eigenvalue weighted by Crippen LogP contribution is -1.93. The van der Waals surface area contributed by atoms with E-state index in [1.807, 2.05) is 6.07 Å². The number of para-hydroxylation sites is 2. The minimum Gasteiger partial charge on any atom is -0.495 e. The first kappa shape index (κ1) is 13.4. The van der Waals surface area contributed by atoms with Gasteiger partial charge in [0.25, 0.3) is 0 Å². The van der Waals surface area contributed by atoms with E-state index in [2.05, 4.69) is 81.2 Å². The molecule has 22 heavy (non-hydrogen) atoms. The van der Waals surface area contributed by atoms with Crippen LogP contribution in [-0.2, 0) is 0 Å². The smallest absolute Gasteiger partial charge is 0.135 e. The lowest BCUT2D eigenvalue weighted by atomic mass is 10.1. The van der Waals surface area contributed by atoms with E-state index in [0.717, 1.165) is 21.4 Å². The van der Waals surface area contributed by atoms with Crippen molar-refractivity contribution in [2.45, 2.75) is 0 Å². The van der Waals surface area contributed by atoms with Gasteiger partial charge in [-0.05, 0) is 40.2 Å². The van der Waals surface area contributed by atoms with Gasteiger partial charge < -0.3 is 9.30 Å². The molecule has 1 heterocycles. The Kier molecular flexibility index (Phi) is 3.16. The number of ether oxygens (including phenoxy) is 1. The van der Waals surface area contributed by atoms with Crippen LogP contribution in [0.4, 0.5) is 0 Å². The second kappa shape index (κ2) is 5.18. The fourth-order valence-corrected chi connectivity index (χ4v) is 3.49. The first-order chi connectivity index (χ1) is 10.8. The van der Waals surface area contributed by atoms with Crippen LogP contribution in [0.2, 0.25) is 0 Å². The van der Waals surface area contributed by atoms with Gasteiger partial charge in [0.2, 0.25) is 0 Å². The molecule has 0 atom stereocenters. The van der Waals surface area contributed by atoms with E-state index in [1.54, 1.807) is 7.11 Å². The van der Waals surface area contributed by atoms with Gasteiger partial charge in [-0.25, -0.2) is 0 Å². The maximum Gasteiger partial charge on any atom is 0.135 e. The molecule has 0 radical (unpaired) electrons. The zero-order valence-corrected chi connectivity index (χ0v) is 13.7. The van der Waals surface area contributed by atoms with Crippen LogP contribution >= 0.6 is 15.9 Å². The van der Waals surface area contributed by atoms with E-state index in [0.29, 0.717) is 0 Å². The Hall–Kier alpha value is -2.26. The molecule has 0 aliphatic rings. The van der Waals surface area contributed by atoms with Crippen molar-refractivity contribution in [1.82, 2.24) is 4.57 Å². The second-order valence-electron chi connectivity index (χ2n) is 5.19. The molecule has 4 rings (SSSR count). The summed E-state index contributed by atoms with van der Waals surface area (Å²) in [6.07, 6.45) is 0. The molecule has 1 aromatic heterocycles. The summed E-state index contributed by atoms with van der Waals surface area (Å²) in [5, 5.41) is 2.46. The van der Waals surface area contributed by atoms with E-state index >= 15 is 0 Å². The molecule has 0 aliphatic heterocycles. The Morgan fingerprint density at radius 2 is 1.55 bits per heavy atom. The summed E-state index contributed by atoms with van der Waals surface area (Å²) in [7, 11) is 1.70. The zero-order chi connectivity index (χ0) is 15.1. The van der Waals surface area contributed by atoms with E-state index in [9.17, 15) is 0 Å². The molecule has 0 spiro atoms. The summed E-state index contributed by atoms with van der Waals surface area (Å²) >= 11 is 3.59. The molecule has 0 aliphatic carbocycles. The van der Waals surface area contributed by atoms with Crippen LogP contribution in [-0.4, -0.2) is 11.7 Å². The van der Waals surface area contributed by atoms with Crippen molar-refractivity contribution >= 4 is 37.7 Å². The molecule has 108 valence electrons. The minimum atomic E-state index is 0.840. The van der Waals surface area contributed by atoms with Crippen molar-refractivity contribution in [3.05, 3.63) is 71.2 Å². The second-order valence-corrected chi connectivity index (χ2v) is 6.05. The summed E-state index contributed by atoms with van der Waals surface area (Å²) in [4.78, 5) is 0. The third kappa shape index (κ3) is 1.93. The molecule has 0 bridgehead atoms. The highest BCUT2D eigenvalue weighted by Crippen LogP contribution is 2.37. The van der Waals surface area contributed by atoms with E-state index < -0.39 is 0 Å². The summed E-state index contributed by atoms with van der Waals surface area (Å²) < 4.78 is 8.73. The van der Waals surface area contributed by atoms with Gasteiger partial charge in [0.15, 0.2) is 0 Å². The van der Waals surface area contributed by atoms with Crippen molar-refractivity contribution < 1.29 is 4.74 Å². The maximum atomic E-state index is 5.48. The number of hydrogen-bond acceptors (Lipinski definition) is 1. The Bertz CT molecular complexity index is 973. The van der Waals surface area contributed by atoms with Gasteiger partial charge in [0.1, 0.15) is 5.75 Å². The van der Waals surface area contributed by atoms with Gasteiger partial charge in [-0.15, -0.1) is 0 Å². The fraction of sp³-hybridized carbons (Fsp3) is 0.0526. The Balaban J connectivity index is 2.20. The molecule has 0 N–H and O–H groups in total. The number of halogens is 1. The van der Waals surface area contributed by atoms with Crippen molar-refractivity contribution in [1.29, 1.82) is 0 Å². The molecule has 3 aromatic carbocycles. The number of hydrogen-bond donors (Lipinski definition) is 0. The van der Waals surface area contributed by atoms with Crippen LogP contribution in [0.25, 0.3) is 27.5 Å². The molecular weight excluding hydrogens is 338 g/mol. The van der Waals surface area contributed by atoms with Crippen molar-refractivity contribution in [3.63, 3.8) is 0 Å². The Labute approximate surface area is 137 Å². The standard InChI is InChI=1S/C19H14BrNO/c1-22-19-12-18-15(11-16(19)20)14-9-5-6-10-17(14)21(18)13-7-3-2-4-8-13/h2-12H,1H3. The quantitative estimate of drug-likeness (QED) is 0.461. The van der Waals surface area contributed by atoms with Gasteiger partial charge in [-0.2, -0.15) is 0 Å². The molecule has 0 amide bonds. The number of rotatable bonds is 2. The largest absolute Gasteiger partial charge is 0.495 e. The minimum absolute atomic E-state index is 0.840. The van der Waals surface area contributed by atoms with Crippen LogP contribution in [0, 0.1) is 0 Å². The third-order valence-corrected chi connectivity index (χ3v) is 4.58. The van der Waals surface area contributed by atoms with E-state index in [-0.39, 0.29) is 0 Å². The molecule has 2 nitrogen and oxygen atoms in total. The maximum absolute atomic E-state index is 5.48. The molecule has 0 fully saturated rings. The molecule has 3 heteroatoms. The number of fused-ring (bicyclic) bond motifs is 3. The highest BCUT2D eigenvalue weighted by Gasteiger charge is 2.14. The SMILES string of the molecule is COc1cc2c(cc1Br)c1ccccc1n2-c1ccccc1. The van der Waals surface area contributed by atoms with Crippen molar-refractivity contribution in [2.75, 3.05) is 7.11 Å². The lowest BCUT2D eigenvalue weighted by molar-refractivity contribution is 0.412. The molecule has 4 aromatic rings. The molecular formula is C19H14BrNO. The van der Waals surface area contributed by atoms with Gasteiger partial charge in [0, 0.05) is 22.5 Å². The molecule has 0 saturated heterocycles. The predicted octanol–water partition coefficient (Wildman–Crippen LogP) is 5.55. The summed E-state index contributed by atoms with van der Waals surface area (Å²) in [5.74, 6) is 0.840. The Morgan fingerprint density at radius 3 is 2.32 bits per heavy atom. The predicted molar refractivity (Wildman–Crippen MR) is 95.0 cm³/mol. The number of nitrogens with zero attached hydrogens (tertiary/aromatic N) is 1. The summed E-state index contributed by atoms with van der Waals surface area (Å²) in [6.45, 7) is 0. The van der Waals surface area contributed by atoms with Gasteiger partial charge in [0.05, 0.1) is 22.6 Å². The normalized spacial score (nSPS) is 11.2. The Morgan fingerprint density at radius 1 is 0.818 bits per heavy atom. The van der Waals surface area contributed by atoms with Crippen LogP contribution in [0.1, 0.15) is 0 Å². The van der Waals surface area contributed by atoms with Gasteiger partial charge in [-0.3, -0.25) is 0 Å². The number of benzene rings is 3. The van der Waals surface area contributed by atoms with Crippen molar-refractivity contribution in [3.8, 4) is 11.4 Å². The topological polar surface area (TPSA) is 14.2 Å². The highest BCUT2D eigenvalue weighted by atomic mass is 79.9. The molecule has 0 saturated carbocycles. The van der Waals surface area contributed by atoms with Gasteiger partial charge in [-0.1, -0.05) is 36.4 Å². The highest BCUT2D eigenvalue weighted by molar-refractivity contribution is 9.10.